The molecule has 0 aliphatic carbocycles. The van der Waals surface area contributed by atoms with E-state index in [2.05, 4.69) is 16.3 Å². The SMILES string of the molecule is CNC1(C#N)CN2CCC1CC2COC(C)=O. The van der Waals surface area contributed by atoms with Crippen LogP contribution in [-0.2, 0) is 9.53 Å². The molecule has 5 heteroatoms. The summed E-state index contributed by atoms with van der Waals surface area (Å²) in [4.78, 5) is 13.1. The van der Waals surface area contributed by atoms with Gasteiger partial charge in [-0.2, -0.15) is 5.26 Å². The maximum atomic E-state index is 10.8. The zero-order chi connectivity index (χ0) is 12.5. The Morgan fingerprint density at radius 1 is 1.71 bits per heavy atom. The van der Waals surface area contributed by atoms with Crippen LogP contribution in [0, 0.1) is 17.2 Å². The number of piperidine rings is 3. The second-order valence-electron chi connectivity index (χ2n) is 4.98. The molecule has 1 N–H and O–H groups in total. The number of rotatable bonds is 3. The van der Waals surface area contributed by atoms with Crippen molar-refractivity contribution in [2.45, 2.75) is 31.3 Å². The molecule has 4 unspecified atom stereocenters. The molecule has 0 aromatic carbocycles. The molecule has 3 heterocycles. The topological polar surface area (TPSA) is 65.4 Å². The molecule has 17 heavy (non-hydrogen) atoms. The van der Waals surface area contributed by atoms with Crippen LogP contribution in [0.3, 0.4) is 0 Å². The van der Waals surface area contributed by atoms with E-state index in [4.69, 9.17) is 4.74 Å². The Morgan fingerprint density at radius 2 is 2.47 bits per heavy atom. The van der Waals surface area contributed by atoms with E-state index in [-0.39, 0.29) is 12.0 Å². The van der Waals surface area contributed by atoms with Gasteiger partial charge in [0, 0.05) is 19.5 Å². The number of carbonyl (C=O) groups excluding carboxylic acids is 1. The largest absolute Gasteiger partial charge is 0.464 e. The van der Waals surface area contributed by atoms with Gasteiger partial charge in [0.25, 0.3) is 0 Å². The zero-order valence-corrected chi connectivity index (χ0v) is 10.4. The molecular weight excluding hydrogens is 218 g/mol. The Morgan fingerprint density at radius 3 is 2.94 bits per heavy atom. The minimum Gasteiger partial charge on any atom is -0.464 e. The normalized spacial score (nSPS) is 39.7. The Balaban J connectivity index is 2.02. The van der Waals surface area contributed by atoms with Gasteiger partial charge in [0.15, 0.2) is 0 Å². The summed E-state index contributed by atoms with van der Waals surface area (Å²) in [5.41, 5.74) is -0.412. The minimum absolute atomic E-state index is 0.229. The maximum absolute atomic E-state index is 10.8. The molecule has 0 saturated carbocycles. The molecule has 0 amide bonds. The van der Waals surface area contributed by atoms with Crippen LogP contribution >= 0.6 is 0 Å². The van der Waals surface area contributed by atoms with E-state index in [1.807, 2.05) is 7.05 Å². The first-order valence-electron chi connectivity index (χ1n) is 6.09. The molecule has 3 saturated heterocycles. The Bertz CT molecular complexity index is 352. The lowest BCUT2D eigenvalue weighted by atomic mass is 9.71. The third-order valence-electron chi connectivity index (χ3n) is 4.11. The van der Waals surface area contributed by atoms with Crippen molar-refractivity contribution < 1.29 is 9.53 Å². The second-order valence-corrected chi connectivity index (χ2v) is 4.98. The van der Waals surface area contributed by atoms with Crippen molar-refractivity contribution in [3.05, 3.63) is 0 Å². The third kappa shape index (κ3) is 2.15. The van der Waals surface area contributed by atoms with Crippen molar-refractivity contribution in [2.24, 2.45) is 5.92 Å². The van der Waals surface area contributed by atoms with Gasteiger partial charge in [0.1, 0.15) is 12.1 Å². The van der Waals surface area contributed by atoms with Gasteiger partial charge in [-0.3, -0.25) is 9.69 Å². The van der Waals surface area contributed by atoms with Crippen molar-refractivity contribution in [3.8, 4) is 6.07 Å². The maximum Gasteiger partial charge on any atom is 0.302 e. The van der Waals surface area contributed by atoms with Crippen LogP contribution < -0.4 is 5.32 Å². The summed E-state index contributed by atoms with van der Waals surface area (Å²) in [5, 5.41) is 12.5. The van der Waals surface area contributed by atoms with Gasteiger partial charge in [-0.25, -0.2) is 0 Å². The fourth-order valence-electron chi connectivity index (χ4n) is 3.06. The number of carbonyl (C=O) groups is 1. The Kier molecular flexibility index (Phi) is 3.36. The van der Waals surface area contributed by atoms with Crippen LogP contribution in [0.15, 0.2) is 0 Å². The molecule has 3 aliphatic rings. The van der Waals surface area contributed by atoms with E-state index < -0.39 is 5.54 Å². The van der Waals surface area contributed by atoms with Gasteiger partial charge in [-0.05, 0) is 32.4 Å². The van der Waals surface area contributed by atoms with Gasteiger partial charge in [0.2, 0.25) is 0 Å². The number of nitriles is 1. The lowest BCUT2D eigenvalue weighted by Gasteiger charge is -2.53. The molecule has 3 rings (SSSR count). The van der Waals surface area contributed by atoms with Crippen LogP contribution in [0.2, 0.25) is 0 Å². The first kappa shape index (κ1) is 12.3. The third-order valence-corrected chi connectivity index (χ3v) is 4.11. The van der Waals surface area contributed by atoms with Gasteiger partial charge >= 0.3 is 5.97 Å². The van der Waals surface area contributed by atoms with E-state index in [0.717, 1.165) is 25.9 Å². The zero-order valence-electron chi connectivity index (χ0n) is 10.4. The number of likely N-dealkylation sites (N-methyl/N-ethyl adjacent to an activating group) is 1. The molecule has 4 atom stereocenters. The summed E-state index contributed by atoms with van der Waals surface area (Å²) >= 11 is 0. The molecule has 3 fully saturated rings. The number of hydrogen-bond donors (Lipinski definition) is 1. The molecular formula is C12H19N3O2. The van der Waals surface area contributed by atoms with Crippen LogP contribution in [0.1, 0.15) is 19.8 Å². The molecule has 0 radical (unpaired) electrons. The van der Waals surface area contributed by atoms with Crippen molar-refractivity contribution >= 4 is 5.97 Å². The first-order valence-corrected chi connectivity index (χ1v) is 6.09. The summed E-state index contributed by atoms with van der Waals surface area (Å²) in [7, 11) is 1.85. The average molecular weight is 237 g/mol. The first-order chi connectivity index (χ1) is 8.11. The summed E-state index contributed by atoms with van der Waals surface area (Å²) in [6.07, 6.45) is 1.98. The van der Waals surface area contributed by atoms with Gasteiger partial charge in [0.05, 0.1) is 6.07 Å². The standard InChI is InChI=1S/C12H19N3O2/c1-9(16)17-6-11-5-10-3-4-15(11)8-12(10,7-13)14-2/h10-11,14H,3-6,8H2,1-2H3. The monoisotopic (exact) mass is 237 g/mol. The lowest BCUT2D eigenvalue weighted by molar-refractivity contribution is -0.145. The molecule has 0 spiro atoms. The predicted octanol–water partition coefficient (Wildman–Crippen LogP) is 0.125. The van der Waals surface area contributed by atoms with Crippen molar-refractivity contribution in [1.29, 1.82) is 5.26 Å². The molecule has 0 aromatic rings. The molecule has 94 valence electrons. The second kappa shape index (κ2) is 4.63. The highest BCUT2D eigenvalue weighted by atomic mass is 16.5. The molecule has 0 aromatic heterocycles. The van der Waals surface area contributed by atoms with Crippen molar-refractivity contribution in [2.75, 3.05) is 26.7 Å². The van der Waals surface area contributed by atoms with Crippen molar-refractivity contribution in [3.63, 3.8) is 0 Å². The summed E-state index contributed by atoms with van der Waals surface area (Å²) in [5.74, 6) is 0.135. The van der Waals surface area contributed by atoms with Crippen molar-refractivity contribution in [1.82, 2.24) is 10.2 Å². The van der Waals surface area contributed by atoms with E-state index in [1.54, 1.807) is 0 Å². The van der Waals surface area contributed by atoms with E-state index >= 15 is 0 Å². The number of hydrogen-bond acceptors (Lipinski definition) is 5. The number of nitrogens with zero attached hydrogens (tertiary/aromatic N) is 2. The number of ether oxygens (including phenoxy) is 1. The van der Waals surface area contributed by atoms with Crippen LogP contribution in [-0.4, -0.2) is 49.2 Å². The fraction of sp³-hybridized carbons (Fsp3) is 0.833. The highest BCUT2D eigenvalue weighted by Gasteiger charge is 2.50. The number of esters is 1. The van der Waals surface area contributed by atoms with E-state index in [1.165, 1.54) is 6.92 Å². The molecule has 5 nitrogen and oxygen atoms in total. The van der Waals surface area contributed by atoms with Gasteiger partial charge in [-0.15, -0.1) is 0 Å². The smallest absolute Gasteiger partial charge is 0.302 e. The van der Waals surface area contributed by atoms with E-state index in [0.29, 0.717) is 12.5 Å². The average Bonchev–Trinajstić information content (AvgIpc) is 2.36. The van der Waals surface area contributed by atoms with Gasteiger partial charge in [-0.1, -0.05) is 0 Å². The highest BCUT2D eigenvalue weighted by Crippen LogP contribution is 2.38. The molecule has 3 aliphatic heterocycles. The summed E-state index contributed by atoms with van der Waals surface area (Å²) in [6.45, 7) is 3.62. The van der Waals surface area contributed by atoms with Gasteiger partial charge < -0.3 is 10.1 Å². The van der Waals surface area contributed by atoms with Crippen LogP contribution in [0.5, 0.6) is 0 Å². The van der Waals surface area contributed by atoms with Crippen LogP contribution in [0.25, 0.3) is 0 Å². The quantitative estimate of drug-likeness (QED) is 0.707. The number of nitrogens with one attached hydrogen (secondary N) is 1. The van der Waals surface area contributed by atoms with Crippen LogP contribution in [0.4, 0.5) is 0 Å². The highest BCUT2D eigenvalue weighted by molar-refractivity contribution is 5.65. The summed E-state index contributed by atoms with van der Waals surface area (Å²) in [6, 6.07) is 2.71. The minimum atomic E-state index is -0.412. The number of fused-ring (bicyclic) bond motifs is 3. The predicted molar refractivity (Wildman–Crippen MR) is 62.1 cm³/mol. The van der Waals surface area contributed by atoms with E-state index in [9.17, 15) is 10.1 Å². The Hall–Kier alpha value is -1.12. The lowest BCUT2D eigenvalue weighted by Crippen LogP contribution is -2.67. The fourth-order valence-corrected chi connectivity index (χ4v) is 3.06. The Labute approximate surface area is 102 Å². The summed E-state index contributed by atoms with van der Waals surface area (Å²) < 4.78 is 5.09. The molecule has 2 bridgehead atoms.